The van der Waals surface area contributed by atoms with Crippen LogP contribution in [0.4, 0.5) is 0 Å². The maximum atomic E-state index is 11.3. The molecule has 0 aromatic rings. The minimum atomic E-state index is -6.16. The van der Waals surface area contributed by atoms with E-state index >= 15 is 0 Å². The van der Waals surface area contributed by atoms with Crippen LogP contribution in [0.2, 0.25) is 0 Å². The number of aliphatic hydroxyl groups is 2. The van der Waals surface area contributed by atoms with Gasteiger partial charge in [-0.1, -0.05) is 0 Å². The Balaban J connectivity index is 2.67. The number of phosphoric ester groups is 1. The summed E-state index contributed by atoms with van der Waals surface area (Å²) in [6.45, 7) is -0.590. The summed E-state index contributed by atoms with van der Waals surface area (Å²) in [5.74, 6) is 0. The van der Waals surface area contributed by atoms with Crippen molar-refractivity contribution in [3.8, 4) is 0 Å². The highest BCUT2D eigenvalue weighted by Gasteiger charge is 2.45. The molecule has 0 aromatic carbocycles. The van der Waals surface area contributed by atoms with Gasteiger partial charge in [-0.25, -0.2) is 4.31 Å². The van der Waals surface area contributed by atoms with E-state index in [2.05, 4.69) is 17.7 Å². The van der Waals surface area contributed by atoms with Crippen LogP contribution >= 0.6 is 31.1 Å². The van der Waals surface area contributed by atoms with Crippen molar-refractivity contribution in [1.29, 1.82) is 0 Å². The van der Waals surface area contributed by atoms with E-state index in [4.69, 9.17) is 4.74 Å². The van der Waals surface area contributed by atoms with E-state index < -0.39 is 62.3 Å². The highest BCUT2D eigenvalue weighted by molar-refractivity contribution is 7.64. The molecule has 20 heteroatoms. The maximum Gasteiger partial charge on any atom is 0.278 e. The quantitative estimate of drug-likeness (QED) is 0.305. The third-order valence-electron chi connectivity index (χ3n) is 2.41. The van der Waals surface area contributed by atoms with Gasteiger partial charge in [-0.05, 0) is 0 Å². The van der Waals surface area contributed by atoms with E-state index in [0.29, 0.717) is 6.66 Å². The van der Waals surface area contributed by atoms with Crippen molar-refractivity contribution in [3.63, 3.8) is 0 Å². The van der Waals surface area contributed by atoms with Crippen LogP contribution in [0.5, 0.6) is 0 Å². The Morgan fingerprint density at radius 2 is 1.46 bits per heavy atom. The van der Waals surface area contributed by atoms with Gasteiger partial charge in [0.05, 0.1) is 14.4 Å². The van der Waals surface area contributed by atoms with Crippen LogP contribution in [0.3, 0.4) is 0 Å². The number of aliphatic hydroxyl groups excluding tert-OH is 2. The van der Waals surface area contributed by atoms with Gasteiger partial charge < -0.3 is 57.6 Å². The molecule has 3 unspecified atom stereocenters. The van der Waals surface area contributed by atoms with E-state index in [1.54, 1.807) is 0 Å². The predicted octanol–water partition coefficient (Wildman–Crippen LogP) is -4.55. The van der Waals surface area contributed by atoms with Crippen LogP contribution in [-0.4, -0.2) is 48.1 Å². The first kappa shape index (κ1) is 24.5. The van der Waals surface area contributed by atoms with Crippen molar-refractivity contribution >= 4 is 31.1 Å². The molecule has 0 aromatic heterocycles. The van der Waals surface area contributed by atoms with Crippen LogP contribution in [0.1, 0.15) is 0 Å². The lowest BCUT2D eigenvalue weighted by Crippen LogP contribution is -2.35. The molecule has 0 amide bonds. The van der Waals surface area contributed by atoms with Gasteiger partial charge in [0, 0.05) is 6.66 Å². The van der Waals surface area contributed by atoms with E-state index in [0.717, 1.165) is 0 Å². The number of rotatable bonds is 9. The molecule has 0 saturated carbocycles. The molecule has 1 rings (SSSR count). The van der Waals surface area contributed by atoms with Gasteiger partial charge in [0.25, 0.3) is 15.6 Å². The summed E-state index contributed by atoms with van der Waals surface area (Å²) in [6.07, 6.45) is -7.46. The topological polar surface area (TPSA) is 270 Å². The van der Waals surface area contributed by atoms with Gasteiger partial charge in [0.1, 0.15) is 25.9 Å². The summed E-state index contributed by atoms with van der Waals surface area (Å²) in [5.41, 5.74) is 0. The third-order valence-corrected chi connectivity index (χ3v) is 6.67. The Morgan fingerprint density at radius 1 is 0.923 bits per heavy atom. The molecule has 1 aliphatic heterocycles. The molecule has 0 bridgehead atoms. The summed E-state index contributed by atoms with van der Waals surface area (Å²) in [7, 11) is -22.6. The van der Waals surface area contributed by atoms with Gasteiger partial charge in [-0.2, -0.15) is 0 Å². The van der Waals surface area contributed by atoms with Crippen LogP contribution in [-0.2, 0) is 40.7 Å². The van der Waals surface area contributed by atoms with Gasteiger partial charge in [0.2, 0.25) is 0 Å². The monoisotopic (exact) mass is 463 g/mol. The lowest BCUT2D eigenvalue weighted by Gasteiger charge is -2.37. The van der Waals surface area contributed by atoms with Crippen molar-refractivity contribution in [3.05, 3.63) is 0 Å². The minimum Gasteiger partial charge on any atom is -0.790 e. The van der Waals surface area contributed by atoms with Crippen LogP contribution < -0.4 is 24.5 Å². The van der Waals surface area contributed by atoms with Gasteiger partial charge in [-0.15, -0.1) is 0 Å². The molecular weight excluding hydrogens is 452 g/mol. The Morgan fingerprint density at radius 3 is 1.92 bits per heavy atom. The highest BCUT2D eigenvalue weighted by atomic mass is 31.3. The number of phosphoric acid groups is 3. The zero-order valence-corrected chi connectivity index (χ0v) is 16.0. The SMILES string of the molecule is CP(=O)([O-])O[C@H]1O[C@H](COP(=O)([O-])OP(=O)([O-])OP(=O)([O-])[O-])[C@@H](O)[C@H]1O. The second kappa shape index (κ2) is 8.44. The molecule has 156 valence electrons. The summed E-state index contributed by atoms with van der Waals surface area (Å²) in [4.78, 5) is 53.5. The Hall–Kier alpha value is 0.440. The van der Waals surface area contributed by atoms with Crippen molar-refractivity contribution in [2.24, 2.45) is 0 Å². The normalized spacial score (nSPS) is 34.0. The van der Waals surface area contributed by atoms with E-state index in [9.17, 15) is 52.9 Å². The van der Waals surface area contributed by atoms with Gasteiger partial charge in [0.15, 0.2) is 6.29 Å². The third kappa shape index (κ3) is 8.63. The van der Waals surface area contributed by atoms with Gasteiger partial charge >= 0.3 is 0 Å². The lowest BCUT2D eigenvalue weighted by molar-refractivity contribution is -0.339. The Kier molecular flexibility index (Phi) is 7.94. The standard InChI is InChI=1S/C6H16O16P4/c1-23(9,10)20-6-5(8)4(7)3(19-6)2-18-25(14,15)22-26(16,17)21-24(11,12)13/h3-8H,2H2,1H3,(H,9,10)(H,14,15)(H,16,17)(H2,11,12,13)/p-5/t3-,4-,5-,6-/m1/s1. The molecule has 0 aliphatic carbocycles. The molecule has 2 N–H and O–H groups in total. The van der Waals surface area contributed by atoms with E-state index in [1.165, 1.54) is 0 Å². The first-order valence-corrected chi connectivity index (χ1v) is 12.5. The van der Waals surface area contributed by atoms with Crippen molar-refractivity contribution < 1.29 is 75.3 Å². The van der Waals surface area contributed by atoms with Crippen LogP contribution in [0.15, 0.2) is 0 Å². The van der Waals surface area contributed by atoms with E-state index in [-0.39, 0.29) is 0 Å². The largest absolute Gasteiger partial charge is 0.790 e. The molecule has 16 nitrogen and oxygen atoms in total. The molecule has 1 saturated heterocycles. The Labute approximate surface area is 145 Å². The first-order valence-electron chi connectivity index (χ1n) is 6.11. The van der Waals surface area contributed by atoms with Crippen molar-refractivity contribution in [2.75, 3.05) is 13.3 Å². The molecular formula is C6H11O16P4-5. The Bertz CT molecular complexity index is 678. The number of hydrogen-bond donors (Lipinski definition) is 2. The highest BCUT2D eigenvalue weighted by Crippen LogP contribution is 2.60. The summed E-state index contributed by atoms with van der Waals surface area (Å²) in [5, 5.41) is 19.1. The fourth-order valence-corrected chi connectivity index (χ4v) is 4.99. The molecule has 26 heavy (non-hydrogen) atoms. The maximum absolute atomic E-state index is 11.3. The van der Waals surface area contributed by atoms with Crippen molar-refractivity contribution in [1.82, 2.24) is 0 Å². The molecule has 1 aliphatic rings. The molecule has 1 heterocycles. The van der Waals surface area contributed by atoms with Crippen molar-refractivity contribution in [2.45, 2.75) is 24.6 Å². The van der Waals surface area contributed by atoms with Crippen LogP contribution in [0, 0.1) is 0 Å². The fourth-order valence-electron chi connectivity index (χ4n) is 1.58. The molecule has 7 atom stereocenters. The minimum absolute atomic E-state index is 0.621. The molecule has 0 spiro atoms. The predicted molar refractivity (Wildman–Crippen MR) is 66.2 cm³/mol. The van der Waals surface area contributed by atoms with Gasteiger partial charge in [-0.3, -0.25) is 13.4 Å². The molecule has 1 fully saturated rings. The fraction of sp³-hybridized carbons (Fsp3) is 1.00. The second-order valence-corrected chi connectivity index (χ2v) is 10.7. The number of hydrogen-bond acceptors (Lipinski definition) is 16. The second-order valence-electron chi connectivity index (χ2n) is 4.70. The lowest BCUT2D eigenvalue weighted by atomic mass is 10.1. The van der Waals surface area contributed by atoms with Crippen LogP contribution in [0.25, 0.3) is 0 Å². The average Bonchev–Trinajstić information content (AvgIpc) is 2.58. The summed E-state index contributed by atoms with van der Waals surface area (Å²) >= 11 is 0. The summed E-state index contributed by atoms with van der Waals surface area (Å²) in [6, 6.07) is 0. The zero-order chi connectivity index (χ0) is 20.6. The van der Waals surface area contributed by atoms with E-state index in [1.807, 2.05) is 0 Å². The average molecular weight is 463 g/mol. The number of ether oxygens (including phenoxy) is 1. The molecule has 0 radical (unpaired) electrons. The smallest absolute Gasteiger partial charge is 0.278 e. The summed E-state index contributed by atoms with van der Waals surface area (Å²) < 4.78 is 62.5. The first-order chi connectivity index (χ1) is 11.4. The zero-order valence-electron chi connectivity index (χ0n) is 12.4.